The zero-order valence-electron chi connectivity index (χ0n) is 7.87. The van der Waals surface area contributed by atoms with Crippen LogP contribution < -0.4 is 10.6 Å². The van der Waals surface area contributed by atoms with Crippen molar-refractivity contribution in [3.8, 4) is 0 Å². The molecule has 0 saturated carbocycles. The summed E-state index contributed by atoms with van der Waals surface area (Å²) in [6.07, 6.45) is 0. The minimum absolute atomic E-state index is 0.341. The van der Waals surface area contributed by atoms with Crippen molar-refractivity contribution in [1.29, 1.82) is 0 Å². The third-order valence-corrected chi connectivity index (χ3v) is 2.38. The predicted octanol–water partition coefficient (Wildman–Crippen LogP) is 1.60. The second kappa shape index (κ2) is 5.32. The summed E-state index contributed by atoms with van der Waals surface area (Å²) in [6, 6.07) is 0.553. The Morgan fingerprint density at radius 1 is 1.36 bits per heavy atom. The maximum Gasteiger partial charge on any atom is 0.0480 e. The van der Waals surface area contributed by atoms with E-state index in [0.29, 0.717) is 11.5 Å². The van der Waals surface area contributed by atoms with Gasteiger partial charge in [-0.1, -0.05) is 43.4 Å². The van der Waals surface area contributed by atoms with Crippen LogP contribution >= 0.6 is 22.6 Å². The number of rotatable bonds is 4. The number of alkyl halides is 1. The van der Waals surface area contributed by atoms with Crippen LogP contribution in [0.1, 0.15) is 20.8 Å². The molecule has 2 nitrogen and oxygen atoms in total. The molecule has 0 aromatic heterocycles. The third kappa shape index (κ3) is 4.98. The Labute approximate surface area is 83.7 Å². The summed E-state index contributed by atoms with van der Waals surface area (Å²) in [5, 5.41) is 6.64. The molecular weight excluding hydrogens is 251 g/mol. The highest BCUT2D eigenvalue weighted by molar-refractivity contribution is 14.1. The highest BCUT2D eigenvalue weighted by atomic mass is 127. The fourth-order valence-electron chi connectivity index (χ4n) is 1.04. The Hall–Kier alpha value is 0.650. The van der Waals surface area contributed by atoms with Crippen molar-refractivity contribution >= 4 is 22.6 Å². The maximum atomic E-state index is 3.33. The SMILES string of the molecule is CNC(CNCI)C(C)(C)C. The van der Waals surface area contributed by atoms with Gasteiger partial charge in [-0.05, 0) is 12.5 Å². The number of likely N-dealkylation sites (N-methyl/N-ethyl adjacent to an activating group) is 1. The van der Waals surface area contributed by atoms with E-state index < -0.39 is 0 Å². The van der Waals surface area contributed by atoms with E-state index in [2.05, 4.69) is 54.0 Å². The minimum Gasteiger partial charge on any atom is -0.315 e. The highest BCUT2D eigenvalue weighted by Crippen LogP contribution is 2.17. The van der Waals surface area contributed by atoms with E-state index in [1.54, 1.807) is 0 Å². The van der Waals surface area contributed by atoms with Crippen molar-refractivity contribution in [3.63, 3.8) is 0 Å². The number of hydrogen-bond acceptors (Lipinski definition) is 2. The van der Waals surface area contributed by atoms with Gasteiger partial charge in [0, 0.05) is 17.1 Å². The van der Waals surface area contributed by atoms with Crippen molar-refractivity contribution in [1.82, 2.24) is 10.6 Å². The predicted molar refractivity (Wildman–Crippen MR) is 59.2 cm³/mol. The van der Waals surface area contributed by atoms with Crippen molar-refractivity contribution in [2.75, 3.05) is 18.1 Å². The average molecular weight is 270 g/mol. The van der Waals surface area contributed by atoms with Gasteiger partial charge in [0.25, 0.3) is 0 Å². The quantitative estimate of drug-likeness (QED) is 0.460. The normalized spacial score (nSPS) is 15.0. The van der Waals surface area contributed by atoms with Gasteiger partial charge in [-0.2, -0.15) is 0 Å². The molecule has 0 spiro atoms. The zero-order valence-corrected chi connectivity index (χ0v) is 10.0. The summed E-state index contributed by atoms with van der Waals surface area (Å²) in [6.45, 7) is 7.80. The molecule has 0 heterocycles. The van der Waals surface area contributed by atoms with Crippen LogP contribution in [0.4, 0.5) is 0 Å². The molecule has 0 rings (SSSR count). The first kappa shape index (κ1) is 11.6. The van der Waals surface area contributed by atoms with E-state index in [-0.39, 0.29) is 0 Å². The highest BCUT2D eigenvalue weighted by Gasteiger charge is 2.21. The maximum absolute atomic E-state index is 3.33. The van der Waals surface area contributed by atoms with E-state index in [1.807, 2.05) is 7.05 Å². The standard InChI is InChI=1S/C8H19IN2/c1-8(2,3)7(10-4)5-11-6-9/h7,10-11H,5-6H2,1-4H3. The molecule has 0 bridgehead atoms. The van der Waals surface area contributed by atoms with Gasteiger partial charge in [0.1, 0.15) is 0 Å². The largest absolute Gasteiger partial charge is 0.315 e. The lowest BCUT2D eigenvalue weighted by Crippen LogP contribution is -2.45. The number of nitrogens with one attached hydrogen (secondary N) is 2. The van der Waals surface area contributed by atoms with Crippen LogP contribution in [0.5, 0.6) is 0 Å². The van der Waals surface area contributed by atoms with Gasteiger partial charge in [-0.3, -0.25) is 0 Å². The molecular formula is C8H19IN2. The van der Waals surface area contributed by atoms with Gasteiger partial charge in [0.2, 0.25) is 0 Å². The van der Waals surface area contributed by atoms with Crippen LogP contribution in [0.25, 0.3) is 0 Å². The first-order valence-electron chi connectivity index (χ1n) is 3.96. The van der Waals surface area contributed by atoms with Gasteiger partial charge < -0.3 is 10.6 Å². The molecule has 0 saturated heterocycles. The van der Waals surface area contributed by atoms with Gasteiger partial charge in [0.15, 0.2) is 0 Å². The van der Waals surface area contributed by atoms with Gasteiger partial charge in [0.05, 0.1) is 0 Å². The lowest BCUT2D eigenvalue weighted by molar-refractivity contribution is 0.276. The lowest BCUT2D eigenvalue weighted by atomic mass is 9.87. The molecule has 11 heavy (non-hydrogen) atoms. The van der Waals surface area contributed by atoms with Crippen LogP contribution in [0.2, 0.25) is 0 Å². The van der Waals surface area contributed by atoms with Gasteiger partial charge in [-0.15, -0.1) is 0 Å². The van der Waals surface area contributed by atoms with Crippen molar-refractivity contribution in [3.05, 3.63) is 0 Å². The van der Waals surface area contributed by atoms with Crippen LogP contribution in [0.15, 0.2) is 0 Å². The zero-order chi connectivity index (χ0) is 8.91. The fraction of sp³-hybridized carbons (Fsp3) is 1.00. The topological polar surface area (TPSA) is 24.1 Å². The van der Waals surface area contributed by atoms with Gasteiger partial charge in [-0.25, -0.2) is 0 Å². The summed E-state index contributed by atoms with van der Waals surface area (Å²) in [5.41, 5.74) is 0.341. The van der Waals surface area contributed by atoms with Gasteiger partial charge >= 0.3 is 0 Å². The van der Waals surface area contributed by atoms with Crippen LogP contribution in [-0.4, -0.2) is 24.2 Å². The summed E-state index contributed by atoms with van der Waals surface area (Å²) in [5.74, 6) is 0. The van der Waals surface area contributed by atoms with E-state index in [4.69, 9.17) is 0 Å². The summed E-state index contributed by atoms with van der Waals surface area (Å²) < 4.78 is 1.02. The Morgan fingerprint density at radius 3 is 2.18 bits per heavy atom. The number of halogens is 1. The van der Waals surface area contributed by atoms with Crippen LogP contribution in [0, 0.1) is 5.41 Å². The van der Waals surface area contributed by atoms with Crippen LogP contribution in [0.3, 0.4) is 0 Å². The third-order valence-electron chi connectivity index (χ3n) is 1.84. The Bertz CT molecular complexity index is 98.8. The Balaban J connectivity index is 3.76. The van der Waals surface area contributed by atoms with E-state index >= 15 is 0 Å². The molecule has 0 aliphatic heterocycles. The van der Waals surface area contributed by atoms with Crippen molar-refractivity contribution in [2.45, 2.75) is 26.8 Å². The second-order valence-corrected chi connectivity index (χ2v) is 4.56. The van der Waals surface area contributed by atoms with Crippen molar-refractivity contribution < 1.29 is 0 Å². The molecule has 0 aromatic rings. The first-order valence-corrected chi connectivity index (χ1v) is 5.49. The molecule has 0 aliphatic rings. The molecule has 2 N–H and O–H groups in total. The number of hydrogen-bond donors (Lipinski definition) is 2. The Morgan fingerprint density at radius 2 is 1.91 bits per heavy atom. The summed E-state index contributed by atoms with van der Waals surface area (Å²) in [7, 11) is 2.02. The second-order valence-electron chi connectivity index (χ2n) is 3.80. The van der Waals surface area contributed by atoms with E-state index in [0.717, 1.165) is 11.1 Å². The molecule has 0 amide bonds. The minimum atomic E-state index is 0.341. The Kier molecular flexibility index (Phi) is 5.64. The lowest BCUT2D eigenvalue weighted by Gasteiger charge is -2.30. The van der Waals surface area contributed by atoms with E-state index in [9.17, 15) is 0 Å². The van der Waals surface area contributed by atoms with Crippen LogP contribution in [-0.2, 0) is 0 Å². The molecule has 0 aromatic carbocycles. The molecule has 0 aliphatic carbocycles. The molecule has 1 atom stereocenters. The average Bonchev–Trinajstić information content (AvgIpc) is 1.87. The molecule has 3 heteroatoms. The summed E-state index contributed by atoms with van der Waals surface area (Å²) in [4.78, 5) is 0. The summed E-state index contributed by atoms with van der Waals surface area (Å²) >= 11 is 2.33. The van der Waals surface area contributed by atoms with Crippen molar-refractivity contribution in [2.24, 2.45) is 5.41 Å². The monoisotopic (exact) mass is 270 g/mol. The molecule has 0 fully saturated rings. The molecule has 0 radical (unpaired) electrons. The molecule has 68 valence electrons. The smallest absolute Gasteiger partial charge is 0.0480 e. The van der Waals surface area contributed by atoms with E-state index in [1.165, 1.54) is 0 Å². The molecule has 1 unspecified atom stereocenters. The first-order chi connectivity index (χ1) is 5.02. The fourth-order valence-corrected chi connectivity index (χ4v) is 1.35.